The summed E-state index contributed by atoms with van der Waals surface area (Å²) in [4.78, 5) is 33.7. The molecule has 108 valence electrons. The van der Waals surface area contributed by atoms with Crippen molar-refractivity contribution in [3.8, 4) is 0 Å². The van der Waals surface area contributed by atoms with Gasteiger partial charge in [0.25, 0.3) is 0 Å². The second-order valence-corrected chi connectivity index (χ2v) is 4.40. The minimum atomic E-state index is -1.03. The maximum absolute atomic E-state index is 11.7. The molecule has 0 radical (unpaired) electrons. The Morgan fingerprint density at radius 3 is 3.05 bits per heavy atom. The van der Waals surface area contributed by atoms with Gasteiger partial charge in [-0.2, -0.15) is 5.10 Å². The van der Waals surface area contributed by atoms with Crippen molar-refractivity contribution in [2.24, 2.45) is 0 Å². The Morgan fingerprint density at radius 2 is 2.35 bits per heavy atom. The zero-order chi connectivity index (χ0) is 14.5. The third kappa shape index (κ3) is 3.70. The number of aliphatic carboxylic acids is 1. The highest BCUT2D eigenvalue weighted by atomic mass is 16.4. The number of hydrogen-bond donors (Lipinski definition) is 4. The van der Waals surface area contributed by atoms with Gasteiger partial charge in [-0.1, -0.05) is 0 Å². The third-order valence-electron chi connectivity index (χ3n) is 2.78. The molecule has 1 aliphatic rings. The van der Waals surface area contributed by atoms with E-state index in [1.807, 2.05) is 0 Å². The number of rotatable bonds is 4. The number of amides is 3. The van der Waals surface area contributed by atoms with Gasteiger partial charge in [0.15, 0.2) is 0 Å². The zero-order valence-corrected chi connectivity index (χ0v) is 10.6. The fourth-order valence-electron chi connectivity index (χ4n) is 1.89. The van der Waals surface area contributed by atoms with Crippen molar-refractivity contribution in [1.29, 1.82) is 0 Å². The molecule has 1 atom stereocenters. The average Bonchev–Trinajstić information content (AvgIpc) is 2.78. The first-order chi connectivity index (χ1) is 9.54. The Bertz CT molecular complexity index is 527. The van der Waals surface area contributed by atoms with Gasteiger partial charge >= 0.3 is 12.0 Å². The Hall–Kier alpha value is -2.58. The van der Waals surface area contributed by atoms with Crippen molar-refractivity contribution in [2.45, 2.75) is 25.4 Å². The standard InChI is InChI=1S/C11H15N5O4/c17-9(18)6-16-5-7(4-13-16)14-11(20)15-8-2-1-3-12-10(8)19/h4-5,8H,1-3,6H2,(H,12,19)(H,17,18)(H2,14,15,20). The SMILES string of the molecule is O=C(O)Cn1cc(NC(=O)NC2CCCNC2=O)cn1. The first kappa shape index (κ1) is 13.8. The summed E-state index contributed by atoms with van der Waals surface area (Å²) in [6, 6.07) is -1.07. The van der Waals surface area contributed by atoms with Crippen LogP contribution in [0.5, 0.6) is 0 Å². The van der Waals surface area contributed by atoms with Crippen LogP contribution in [0.4, 0.5) is 10.5 Å². The summed E-state index contributed by atoms with van der Waals surface area (Å²) in [6.07, 6.45) is 4.14. The van der Waals surface area contributed by atoms with Gasteiger partial charge in [-0.3, -0.25) is 14.3 Å². The number of urea groups is 1. The minimum absolute atomic E-state index is 0.201. The third-order valence-corrected chi connectivity index (χ3v) is 2.78. The molecule has 20 heavy (non-hydrogen) atoms. The molecule has 1 aromatic rings. The first-order valence-corrected chi connectivity index (χ1v) is 6.14. The van der Waals surface area contributed by atoms with Gasteiger partial charge in [0.05, 0.1) is 11.9 Å². The van der Waals surface area contributed by atoms with Crippen molar-refractivity contribution in [3.05, 3.63) is 12.4 Å². The minimum Gasteiger partial charge on any atom is -0.480 e. The van der Waals surface area contributed by atoms with Crippen molar-refractivity contribution in [1.82, 2.24) is 20.4 Å². The largest absolute Gasteiger partial charge is 0.480 e. The van der Waals surface area contributed by atoms with Gasteiger partial charge < -0.3 is 21.1 Å². The molecule has 1 unspecified atom stereocenters. The topological polar surface area (TPSA) is 125 Å². The summed E-state index contributed by atoms with van der Waals surface area (Å²) >= 11 is 0. The lowest BCUT2D eigenvalue weighted by Gasteiger charge is -2.22. The predicted octanol–water partition coefficient (Wildman–Crippen LogP) is -0.632. The van der Waals surface area contributed by atoms with Crippen LogP contribution < -0.4 is 16.0 Å². The van der Waals surface area contributed by atoms with Crippen LogP contribution in [0.1, 0.15) is 12.8 Å². The van der Waals surface area contributed by atoms with Gasteiger partial charge in [-0.05, 0) is 12.8 Å². The number of carboxylic acids is 1. The Kier molecular flexibility index (Phi) is 4.18. The molecule has 2 heterocycles. The molecule has 0 bridgehead atoms. The van der Waals surface area contributed by atoms with Gasteiger partial charge in [-0.25, -0.2) is 4.79 Å². The maximum atomic E-state index is 11.7. The Balaban J connectivity index is 1.86. The van der Waals surface area contributed by atoms with E-state index in [0.29, 0.717) is 18.7 Å². The van der Waals surface area contributed by atoms with Gasteiger partial charge in [0, 0.05) is 12.7 Å². The number of hydrogen-bond acceptors (Lipinski definition) is 4. The Morgan fingerprint density at radius 1 is 1.55 bits per heavy atom. The van der Waals surface area contributed by atoms with Crippen LogP contribution in [-0.2, 0) is 16.1 Å². The fourth-order valence-corrected chi connectivity index (χ4v) is 1.89. The molecule has 1 aromatic heterocycles. The fraction of sp³-hybridized carbons (Fsp3) is 0.455. The molecule has 2 rings (SSSR count). The van der Waals surface area contributed by atoms with E-state index < -0.39 is 18.0 Å². The van der Waals surface area contributed by atoms with Gasteiger partial charge in [0.1, 0.15) is 12.6 Å². The molecule has 1 saturated heterocycles. The molecule has 1 aliphatic heterocycles. The molecular weight excluding hydrogens is 266 g/mol. The molecule has 0 saturated carbocycles. The number of carbonyl (C=O) groups excluding carboxylic acids is 2. The molecule has 1 fully saturated rings. The summed E-state index contributed by atoms with van der Waals surface area (Å²) < 4.78 is 1.19. The van der Waals surface area contributed by atoms with E-state index in [0.717, 1.165) is 6.42 Å². The van der Waals surface area contributed by atoms with E-state index in [9.17, 15) is 14.4 Å². The molecule has 0 aliphatic carbocycles. The van der Waals surface area contributed by atoms with Crippen LogP contribution in [0.2, 0.25) is 0 Å². The van der Waals surface area contributed by atoms with E-state index in [1.165, 1.54) is 17.1 Å². The summed E-state index contributed by atoms with van der Waals surface area (Å²) in [7, 11) is 0. The Labute approximate surface area is 114 Å². The molecule has 4 N–H and O–H groups in total. The molecular formula is C11H15N5O4. The van der Waals surface area contributed by atoms with Gasteiger partial charge in [0.2, 0.25) is 5.91 Å². The highest BCUT2D eigenvalue weighted by molar-refractivity contribution is 5.93. The van der Waals surface area contributed by atoms with Crippen LogP contribution in [0.15, 0.2) is 12.4 Å². The number of carboxylic acid groups (broad SMARTS) is 1. The van der Waals surface area contributed by atoms with E-state index in [2.05, 4.69) is 21.0 Å². The normalized spacial score (nSPS) is 18.2. The van der Waals surface area contributed by atoms with Crippen LogP contribution in [0, 0.1) is 0 Å². The average molecular weight is 281 g/mol. The number of nitrogens with one attached hydrogen (secondary N) is 3. The lowest BCUT2D eigenvalue weighted by Crippen LogP contribution is -2.51. The van der Waals surface area contributed by atoms with Crippen molar-refractivity contribution < 1.29 is 19.5 Å². The molecule has 0 aromatic carbocycles. The number of aromatic nitrogens is 2. The van der Waals surface area contributed by atoms with Crippen LogP contribution in [0.25, 0.3) is 0 Å². The molecule has 9 heteroatoms. The summed E-state index contributed by atoms with van der Waals surface area (Å²) in [5, 5.41) is 20.1. The smallest absolute Gasteiger partial charge is 0.325 e. The summed E-state index contributed by atoms with van der Waals surface area (Å²) in [6.45, 7) is 0.342. The van der Waals surface area contributed by atoms with Crippen molar-refractivity contribution in [2.75, 3.05) is 11.9 Å². The lowest BCUT2D eigenvalue weighted by atomic mass is 10.1. The molecule has 3 amide bonds. The van der Waals surface area contributed by atoms with Crippen LogP contribution in [-0.4, -0.2) is 45.4 Å². The zero-order valence-electron chi connectivity index (χ0n) is 10.6. The van der Waals surface area contributed by atoms with Gasteiger partial charge in [-0.15, -0.1) is 0 Å². The van der Waals surface area contributed by atoms with E-state index in [1.54, 1.807) is 0 Å². The van der Waals surface area contributed by atoms with E-state index in [-0.39, 0.29) is 12.5 Å². The number of nitrogens with zero attached hydrogens (tertiary/aromatic N) is 2. The quantitative estimate of drug-likeness (QED) is 0.584. The summed E-state index contributed by atoms with van der Waals surface area (Å²) in [5.41, 5.74) is 0.361. The number of carbonyl (C=O) groups is 3. The van der Waals surface area contributed by atoms with E-state index >= 15 is 0 Å². The van der Waals surface area contributed by atoms with E-state index in [4.69, 9.17) is 5.11 Å². The molecule has 0 spiro atoms. The maximum Gasteiger partial charge on any atom is 0.325 e. The van der Waals surface area contributed by atoms with Crippen LogP contribution >= 0.6 is 0 Å². The lowest BCUT2D eigenvalue weighted by molar-refractivity contribution is -0.137. The number of anilines is 1. The first-order valence-electron chi connectivity index (χ1n) is 6.14. The number of piperidine rings is 1. The monoisotopic (exact) mass is 281 g/mol. The highest BCUT2D eigenvalue weighted by Gasteiger charge is 2.23. The second-order valence-electron chi connectivity index (χ2n) is 4.40. The second kappa shape index (κ2) is 6.04. The predicted molar refractivity (Wildman–Crippen MR) is 68.0 cm³/mol. The summed E-state index contributed by atoms with van der Waals surface area (Å²) in [5.74, 6) is -1.23. The van der Waals surface area contributed by atoms with Crippen molar-refractivity contribution >= 4 is 23.6 Å². The van der Waals surface area contributed by atoms with Crippen LogP contribution in [0.3, 0.4) is 0 Å². The van der Waals surface area contributed by atoms with Crippen molar-refractivity contribution in [3.63, 3.8) is 0 Å². The highest BCUT2D eigenvalue weighted by Crippen LogP contribution is 2.06. The molecule has 9 nitrogen and oxygen atoms in total.